The number of aromatic nitrogens is 1. The van der Waals surface area contributed by atoms with Gasteiger partial charge in [-0.2, -0.15) is 0 Å². The first kappa shape index (κ1) is 13.4. The van der Waals surface area contributed by atoms with E-state index < -0.39 is 0 Å². The summed E-state index contributed by atoms with van der Waals surface area (Å²) in [6.07, 6.45) is 3.68. The van der Waals surface area contributed by atoms with E-state index in [1.54, 1.807) is 0 Å². The second kappa shape index (κ2) is 4.88. The molecule has 0 aromatic carbocycles. The number of anilines is 1. The second-order valence-electron chi connectivity index (χ2n) is 6.26. The molecule has 1 aliphatic carbocycles. The van der Waals surface area contributed by atoms with Crippen molar-refractivity contribution in [1.29, 1.82) is 0 Å². The summed E-state index contributed by atoms with van der Waals surface area (Å²) in [6.45, 7) is 3.86. The van der Waals surface area contributed by atoms with E-state index in [2.05, 4.69) is 17.2 Å². The molecule has 0 spiro atoms. The molecule has 6 heteroatoms. The number of imide groups is 1. The molecule has 1 saturated heterocycles. The third-order valence-electron chi connectivity index (χ3n) is 5.10. The zero-order chi connectivity index (χ0) is 14.6. The van der Waals surface area contributed by atoms with Crippen LogP contribution in [0.1, 0.15) is 36.8 Å². The predicted molar refractivity (Wildman–Crippen MR) is 80.0 cm³/mol. The van der Waals surface area contributed by atoms with Crippen molar-refractivity contribution >= 4 is 28.3 Å². The highest BCUT2D eigenvalue weighted by atomic mass is 32.1. The maximum Gasteiger partial charge on any atom is 0.239 e. The summed E-state index contributed by atoms with van der Waals surface area (Å²) in [5.41, 5.74) is 1.05. The van der Waals surface area contributed by atoms with Gasteiger partial charge in [-0.05, 0) is 18.8 Å². The zero-order valence-electron chi connectivity index (χ0n) is 12.1. The molecule has 3 heterocycles. The molecule has 4 rings (SSSR count). The summed E-state index contributed by atoms with van der Waals surface area (Å²) in [5.74, 6) is 0.312. The maximum atomic E-state index is 12.6. The Hall–Kier alpha value is -1.27. The summed E-state index contributed by atoms with van der Waals surface area (Å²) in [7, 11) is 0. The van der Waals surface area contributed by atoms with Gasteiger partial charge >= 0.3 is 0 Å². The SMILES string of the molecule is CCC1CC2C(=O)N(c3nc4c(s3)CNCC4)C(=O)C2C1. The molecule has 1 N–H and O–H groups in total. The lowest BCUT2D eigenvalue weighted by Gasteiger charge is -2.14. The molecule has 2 aliphatic heterocycles. The first-order valence-electron chi connectivity index (χ1n) is 7.76. The van der Waals surface area contributed by atoms with E-state index in [4.69, 9.17) is 0 Å². The lowest BCUT2D eigenvalue weighted by molar-refractivity contribution is -0.123. The van der Waals surface area contributed by atoms with Gasteiger partial charge in [0, 0.05) is 24.4 Å². The number of carbonyl (C=O) groups excluding carboxylic acids is 2. The number of hydrogen-bond donors (Lipinski definition) is 1. The minimum absolute atomic E-state index is 0.0139. The Bertz CT molecular complexity index is 565. The Morgan fingerprint density at radius 3 is 2.62 bits per heavy atom. The second-order valence-corrected chi connectivity index (χ2v) is 7.33. The monoisotopic (exact) mass is 305 g/mol. The van der Waals surface area contributed by atoms with Crippen LogP contribution in [0.2, 0.25) is 0 Å². The van der Waals surface area contributed by atoms with E-state index in [-0.39, 0.29) is 23.7 Å². The van der Waals surface area contributed by atoms with E-state index >= 15 is 0 Å². The van der Waals surface area contributed by atoms with Gasteiger partial charge in [0.05, 0.1) is 17.5 Å². The number of nitrogens with one attached hydrogen (secondary N) is 1. The highest BCUT2D eigenvalue weighted by Crippen LogP contribution is 2.46. The van der Waals surface area contributed by atoms with Crippen molar-refractivity contribution in [2.45, 2.75) is 39.2 Å². The predicted octanol–water partition coefficient (Wildman–Crippen LogP) is 1.71. The molecule has 0 bridgehead atoms. The molecule has 0 radical (unpaired) electrons. The van der Waals surface area contributed by atoms with E-state index in [0.717, 1.165) is 44.5 Å². The minimum atomic E-state index is -0.0958. The van der Waals surface area contributed by atoms with Gasteiger partial charge in [-0.1, -0.05) is 24.7 Å². The standard InChI is InChI=1S/C15H19N3O2S/c1-2-8-5-9-10(6-8)14(20)18(13(9)19)15-17-11-3-4-16-7-12(11)21-15/h8-10,16H,2-7H2,1H3. The van der Waals surface area contributed by atoms with Crippen LogP contribution in [-0.2, 0) is 22.6 Å². The fourth-order valence-corrected chi connectivity index (χ4v) is 4.95. The smallest absolute Gasteiger partial charge is 0.239 e. The number of rotatable bonds is 2. The molecule has 1 aromatic rings. The lowest BCUT2D eigenvalue weighted by Crippen LogP contribution is -2.32. The van der Waals surface area contributed by atoms with Gasteiger partial charge in [-0.15, -0.1) is 0 Å². The van der Waals surface area contributed by atoms with Crippen LogP contribution >= 0.6 is 11.3 Å². The summed E-state index contributed by atoms with van der Waals surface area (Å²) in [4.78, 5) is 32.4. The van der Waals surface area contributed by atoms with Crippen LogP contribution in [0.15, 0.2) is 0 Å². The Labute approximate surface area is 127 Å². The topological polar surface area (TPSA) is 62.3 Å². The van der Waals surface area contributed by atoms with Crippen LogP contribution < -0.4 is 10.2 Å². The van der Waals surface area contributed by atoms with Crippen LogP contribution in [0.5, 0.6) is 0 Å². The quantitative estimate of drug-likeness (QED) is 0.845. The van der Waals surface area contributed by atoms with E-state index in [1.165, 1.54) is 21.1 Å². The van der Waals surface area contributed by atoms with Crippen LogP contribution in [0.4, 0.5) is 5.13 Å². The molecule has 2 fully saturated rings. The number of amides is 2. The van der Waals surface area contributed by atoms with Gasteiger partial charge < -0.3 is 5.32 Å². The van der Waals surface area contributed by atoms with E-state index in [0.29, 0.717) is 11.0 Å². The molecule has 112 valence electrons. The molecule has 2 atom stereocenters. The molecule has 1 aromatic heterocycles. The number of carbonyl (C=O) groups is 2. The Balaban J connectivity index is 1.63. The van der Waals surface area contributed by atoms with Crippen LogP contribution in [0.25, 0.3) is 0 Å². The molecule has 3 aliphatic rings. The average Bonchev–Trinajstić information content (AvgIpc) is 3.14. The molecular weight excluding hydrogens is 286 g/mol. The Morgan fingerprint density at radius 1 is 1.29 bits per heavy atom. The summed E-state index contributed by atoms with van der Waals surface area (Å²) < 4.78 is 0. The van der Waals surface area contributed by atoms with Crippen molar-refractivity contribution in [3.05, 3.63) is 10.6 Å². The van der Waals surface area contributed by atoms with Gasteiger partial charge in [0.25, 0.3) is 0 Å². The van der Waals surface area contributed by atoms with Crippen LogP contribution in [0.3, 0.4) is 0 Å². The van der Waals surface area contributed by atoms with Gasteiger partial charge in [0.2, 0.25) is 11.8 Å². The number of hydrogen-bond acceptors (Lipinski definition) is 5. The third kappa shape index (κ3) is 1.96. The highest BCUT2D eigenvalue weighted by Gasteiger charge is 2.53. The highest BCUT2D eigenvalue weighted by molar-refractivity contribution is 7.16. The molecule has 2 amide bonds. The molecule has 21 heavy (non-hydrogen) atoms. The zero-order valence-corrected chi connectivity index (χ0v) is 12.9. The van der Waals surface area contributed by atoms with Crippen molar-refractivity contribution < 1.29 is 9.59 Å². The minimum Gasteiger partial charge on any atom is -0.311 e. The molecular formula is C15H19N3O2S. The lowest BCUT2D eigenvalue weighted by atomic mass is 10.00. The fraction of sp³-hybridized carbons (Fsp3) is 0.667. The fourth-order valence-electron chi connectivity index (χ4n) is 3.86. The Kier molecular flexibility index (Phi) is 3.11. The first-order valence-corrected chi connectivity index (χ1v) is 8.57. The van der Waals surface area contributed by atoms with Gasteiger partial charge in [-0.3, -0.25) is 9.59 Å². The number of thiazole rings is 1. The van der Waals surface area contributed by atoms with E-state index in [1.807, 2.05) is 0 Å². The Morgan fingerprint density at radius 2 is 2.00 bits per heavy atom. The molecule has 2 unspecified atom stereocenters. The van der Waals surface area contributed by atoms with Crippen molar-refractivity contribution in [2.24, 2.45) is 17.8 Å². The molecule has 1 saturated carbocycles. The summed E-state index contributed by atoms with van der Waals surface area (Å²) in [5, 5.41) is 3.90. The van der Waals surface area contributed by atoms with Gasteiger partial charge in [0.1, 0.15) is 0 Å². The average molecular weight is 305 g/mol. The normalized spacial score (nSPS) is 31.7. The van der Waals surface area contributed by atoms with Crippen LogP contribution in [0, 0.1) is 17.8 Å². The number of nitrogens with zero attached hydrogens (tertiary/aromatic N) is 2. The van der Waals surface area contributed by atoms with Crippen molar-refractivity contribution in [3.63, 3.8) is 0 Å². The summed E-state index contributed by atoms with van der Waals surface area (Å²) >= 11 is 1.50. The maximum absolute atomic E-state index is 12.6. The van der Waals surface area contributed by atoms with Crippen LogP contribution in [-0.4, -0.2) is 23.3 Å². The number of fused-ring (bicyclic) bond motifs is 2. The van der Waals surface area contributed by atoms with E-state index in [9.17, 15) is 9.59 Å². The third-order valence-corrected chi connectivity index (χ3v) is 6.18. The van der Waals surface area contributed by atoms with Crippen molar-refractivity contribution in [2.75, 3.05) is 11.4 Å². The van der Waals surface area contributed by atoms with Crippen molar-refractivity contribution in [3.8, 4) is 0 Å². The first-order chi connectivity index (χ1) is 10.2. The van der Waals surface area contributed by atoms with Crippen molar-refractivity contribution in [1.82, 2.24) is 10.3 Å². The largest absolute Gasteiger partial charge is 0.311 e. The summed E-state index contributed by atoms with van der Waals surface area (Å²) in [6, 6.07) is 0. The molecule has 5 nitrogen and oxygen atoms in total. The van der Waals surface area contributed by atoms with Gasteiger partial charge in [-0.25, -0.2) is 9.88 Å². The van der Waals surface area contributed by atoms with Gasteiger partial charge in [0.15, 0.2) is 5.13 Å².